The first-order valence-corrected chi connectivity index (χ1v) is 7.71. The molecule has 5 heteroatoms. The molecule has 4 nitrogen and oxygen atoms in total. The Kier molecular flexibility index (Phi) is 4.33. The second-order valence-electron chi connectivity index (χ2n) is 5.82. The summed E-state index contributed by atoms with van der Waals surface area (Å²) >= 11 is 5.23. The molecule has 0 aromatic rings. The van der Waals surface area contributed by atoms with Crippen molar-refractivity contribution in [1.82, 2.24) is 14.7 Å². The van der Waals surface area contributed by atoms with Crippen molar-refractivity contribution in [3.05, 3.63) is 0 Å². The SMILES string of the molecule is CCN(CC)C(=O)N1CC2(CCN(C(C)=S)CC2)C1. The Bertz CT molecular complexity index is 352. The molecule has 0 aromatic carbocycles. The number of carbonyl (C=O) groups excluding carboxylic acids is 1. The first-order valence-electron chi connectivity index (χ1n) is 7.30. The Morgan fingerprint density at radius 1 is 1.16 bits per heavy atom. The molecular formula is C14H25N3OS. The van der Waals surface area contributed by atoms with Crippen LogP contribution in [0.15, 0.2) is 0 Å². The summed E-state index contributed by atoms with van der Waals surface area (Å²) in [5, 5.41) is 0. The molecule has 1 spiro atoms. The number of piperidine rings is 1. The van der Waals surface area contributed by atoms with Crippen molar-refractivity contribution in [3.8, 4) is 0 Å². The zero-order valence-corrected chi connectivity index (χ0v) is 13.1. The third kappa shape index (κ3) is 2.86. The van der Waals surface area contributed by atoms with Gasteiger partial charge in [-0.15, -0.1) is 0 Å². The van der Waals surface area contributed by atoms with Crippen LogP contribution in [0.1, 0.15) is 33.6 Å². The molecule has 2 aliphatic heterocycles. The number of nitrogens with zero attached hydrogens (tertiary/aromatic N) is 3. The predicted molar refractivity (Wildman–Crippen MR) is 81.4 cm³/mol. The summed E-state index contributed by atoms with van der Waals surface area (Å²) in [7, 11) is 0. The second-order valence-corrected chi connectivity index (χ2v) is 6.41. The van der Waals surface area contributed by atoms with Gasteiger partial charge in [-0.25, -0.2) is 4.79 Å². The van der Waals surface area contributed by atoms with Crippen LogP contribution in [0.4, 0.5) is 4.79 Å². The van der Waals surface area contributed by atoms with E-state index in [4.69, 9.17) is 12.2 Å². The molecule has 0 radical (unpaired) electrons. The van der Waals surface area contributed by atoms with Crippen molar-refractivity contribution in [3.63, 3.8) is 0 Å². The molecule has 0 bridgehead atoms. The molecule has 2 amide bonds. The van der Waals surface area contributed by atoms with E-state index in [1.54, 1.807) is 0 Å². The van der Waals surface area contributed by atoms with Crippen molar-refractivity contribution in [2.24, 2.45) is 5.41 Å². The topological polar surface area (TPSA) is 26.8 Å². The Balaban J connectivity index is 1.83. The average molecular weight is 283 g/mol. The number of likely N-dealkylation sites (tertiary alicyclic amines) is 2. The number of thiocarbonyl (C=S) groups is 1. The number of rotatable bonds is 2. The van der Waals surface area contributed by atoms with Gasteiger partial charge in [-0.2, -0.15) is 0 Å². The third-order valence-electron chi connectivity index (χ3n) is 4.63. The van der Waals surface area contributed by atoms with Crippen molar-refractivity contribution >= 4 is 23.2 Å². The smallest absolute Gasteiger partial charge is 0.320 e. The lowest BCUT2D eigenvalue weighted by Gasteiger charge is -2.54. The summed E-state index contributed by atoms with van der Waals surface area (Å²) in [6, 6.07) is 0.212. The highest BCUT2D eigenvalue weighted by molar-refractivity contribution is 7.80. The zero-order chi connectivity index (χ0) is 14.0. The Morgan fingerprint density at radius 2 is 1.68 bits per heavy atom. The number of carbonyl (C=O) groups is 1. The van der Waals surface area contributed by atoms with Gasteiger partial charge in [0.15, 0.2) is 0 Å². The molecule has 2 fully saturated rings. The van der Waals surface area contributed by atoms with Gasteiger partial charge in [0.25, 0.3) is 0 Å². The van der Waals surface area contributed by atoms with E-state index in [1.165, 1.54) is 12.8 Å². The maximum atomic E-state index is 12.2. The van der Waals surface area contributed by atoms with Crippen molar-refractivity contribution in [1.29, 1.82) is 0 Å². The van der Waals surface area contributed by atoms with E-state index in [0.29, 0.717) is 5.41 Å². The predicted octanol–water partition coefficient (Wildman–Crippen LogP) is 2.19. The Morgan fingerprint density at radius 3 is 2.11 bits per heavy atom. The molecule has 19 heavy (non-hydrogen) atoms. The van der Waals surface area contributed by atoms with Crippen molar-refractivity contribution in [2.75, 3.05) is 39.3 Å². The second kappa shape index (κ2) is 5.65. The third-order valence-corrected chi connectivity index (χ3v) is 4.88. The van der Waals surface area contributed by atoms with Crippen LogP contribution in [0.25, 0.3) is 0 Å². The van der Waals surface area contributed by atoms with Crippen LogP contribution in [-0.2, 0) is 0 Å². The lowest BCUT2D eigenvalue weighted by Crippen LogP contribution is -2.64. The van der Waals surface area contributed by atoms with E-state index >= 15 is 0 Å². The first-order chi connectivity index (χ1) is 9.01. The maximum absolute atomic E-state index is 12.2. The molecule has 0 aromatic heterocycles. The van der Waals surface area contributed by atoms with Gasteiger partial charge in [-0.05, 0) is 33.6 Å². The number of hydrogen-bond donors (Lipinski definition) is 0. The fraction of sp³-hybridized carbons (Fsp3) is 0.857. The van der Waals surface area contributed by atoms with Crippen LogP contribution in [0.5, 0.6) is 0 Å². The normalized spacial score (nSPS) is 21.2. The Labute approximate surface area is 121 Å². The number of amides is 2. The first kappa shape index (κ1) is 14.6. The zero-order valence-electron chi connectivity index (χ0n) is 12.3. The summed E-state index contributed by atoms with van der Waals surface area (Å²) in [6.45, 7) is 11.7. The summed E-state index contributed by atoms with van der Waals surface area (Å²) in [5.74, 6) is 0. The molecule has 2 heterocycles. The van der Waals surface area contributed by atoms with Gasteiger partial charge < -0.3 is 14.7 Å². The van der Waals surface area contributed by atoms with Crippen LogP contribution in [0, 0.1) is 5.41 Å². The molecule has 0 atom stereocenters. The lowest BCUT2D eigenvalue weighted by atomic mass is 9.72. The van der Waals surface area contributed by atoms with E-state index in [2.05, 4.69) is 4.90 Å². The fourth-order valence-corrected chi connectivity index (χ4v) is 3.39. The number of urea groups is 1. The highest BCUT2D eigenvalue weighted by Gasteiger charge is 2.47. The van der Waals surface area contributed by atoms with E-state index in [9.17, 15) is 4.79 Å². The van der Waals surface area contributed by atoms with Gasteiger partial charge >= 0.3 is 6.03 Å². The summed E-state index contributed by atoms with van der Waals surface area (Å²) in [4.78, 5) is 19.4. The minimum absolute atomic E-state index is 0.212. The number of hydrogen-bond acceptors (Lipinski definition) is 2. The van der Waals surface area contributed by atoms with Gasteiger partial charge in [0.05, 0.1) is 4.99 Å². The van der Waals surface area contributed by atoms with Crippen LogP contribution in [0.2, 0.25) is 0 Å². The molecule has 0 N–H and O–H groups in total. The van der Waals surface area contributed by atoms with Crippen molar-refractivity contribution < 1.29 is 4.79 Å². The molecule has 2 rings (SSSR count). The van der Waals surface area contributed by atoms with E-state index < -0.39 is 0 Å². The van der Waals surface area contributed by atoms with Gasteiger partial charge in [0.1, 0.15) is 0 Å². The van der Waals surface area contributed by atoms with E-state index in [1.807, 2.05) is 30.6 Å². The van der Waals surface area contributed by atoms with Gasteiger partial charge in [0.2, 0.25) is 0 Å². The molecule has 2 saturated heterocycles. The van der Waals surface area contributed by atoms with Crippen LogP contribution in [0.3, 0.4) is 0 Å². The van der Waals surface area contributed by atoms with Gasteiger partial charge in [-0.3, -0.25) is 0 Å². The molecular weight excluding hydrogens is 258 g/mol. The van der Waals surface area contributed by atoms with Gasteiger partial charge in [-0.1, -0.05) is 12.2 Å². The lowest BCUT2D eigenvalue weighted by molar-refractivity contribution is -0.0179. The standard InChI is InChI=1S/C14H25N3OS/c1-4-15(5-2)13(18)17-10-14(11-17)6-8-16(9-7-14)12(3)19/h4-11H2,1-3H3. The monoisotopic (exact) mass is 283 g/mol. The van der Waals surface area contributed by atoms with E-state index in [-0.39, 0.29) is 6.03 Å². The highest BCUT2D eigenvalue weighted by atomic mass is 32.1. The Hall–Kier alpha value is -0.840. The molecule has 0 saturated carbocycles. The summed E-state index contributed by atoms with van der Waals surface area (Å²) in [6.07, 6.45) is 2.34. The average Bonchev–Trinajstić information content (AvgIpc) is 2.37. The van der Waals surface area contributed by atoms with Crippen LogP contribution in [-0.4, -0.2) is 65.0 Å². The summed E-state index contributed by atoms with van der Waals surface area (Å²) in [5.41, 5.74) is 0.379. The molecule has 0 unspecified atom stereocenters. The minimum atomic E-state index is 0.212. The molecule has 108 valence electrons. The minimum Gasteiger partial charge on any atom is -0.366 e. The van der Waals surface area contributed by atoms with Crippen LogP contribution < -0.4 is 0 Å². The highest BCUT2D eigenvalue weighted by Crippen LogP contribution is 2.40. The van der Waals surface area contributed by atoms with Gasteiger partial charge in [0, 0.05) is 44.7 Å². The van der Waals surface area contributed by atoms with Crippen LogP contribution >= 0.6 is 12.2 Å². The van der Waals surface area contributed by atoms with Crippen molar-refractivity contribution in [2.45, 2.75) is 33.6 Å². The quantitative estimate of drug-likeness (QED) is 0.727. The molecule has 0 aliphatic carbocycles. The molecule has 2 aliphatic rings. The van der Waals surface area contributed by atoms with E-state index in [0.717, 1.165) is 44.3 Å². The fourth-order valence-electron chi connectivity index (χ4n) is 3.21. The maximum Gasteiger partial charge on any atom is 0.320 e. The largest absolute Gasteiger partial charge is 0.366 e. The summed E-state index contributed by atoms with van der Waals surface area (Å²) < 4.78 is 0.